The van der Waals surface area contributed by atoms with Crippen LogP contribution in [0, 0.1) is 0 Å². The SMILES string of the molecule is C=C(/C=C\N=CC)C1=CC2=C(c3ccc(-c4ccccc4CCCCC)cc3)ONC2C=C1. The quantitative estimate of drug-likeness (QED) is 0.253. The van der Waals surface area contributed by atoms with Crippen molar-refractivity contribution < 1.29 is 4.84 Å². The summed E-state index contributed by atoms with van der Waals surface area (Å²) >= 11 is 0. The molecular weight excluding hydrogens is 404 g/mol. The van der Waals surface area contributed by atoms with Crippen molar-refractivity contribution in [2.45, 2.75) is 45.6 Å². The number of nitrogens with zero attached hydrogens (tertiary/aromatic N) is 1. The fraction of sp³-hybridized carbons (Fsp3) is 0.233. The van der Waals surface area contributed by atoms with Gasteiger partial charge in [-0.25, -0.2) is 0 Å². The molecule has 1 heterocycles. The molecule has 0 bridgehead atoms. The summed E-state index contributed by atoms with van der Waals surface area (Å²) in [5.74, 6) is 0.869. The lowest BCUT2D eigenvalue weighted by Gasteiger charge is -2.13. The first-order valence-corrected chi connectivity index (χ1v) is 11.8. The van der Waals surface area contributed by atoms with Gasteiger partial charge < -0.3 is 4.84 Å². The lowest BCUT2D eigenvalue weighted by molar-refractivity contribution is 0.173. The van der Waals surface area contributed by atoms with Crippen LogP contribution in [0.5, 0.6) is 0 Å². The molecule has 2 aliphatic rings. The predicted molar refractivity (Wildman–Crippen MR) is 140 cm³/mol. The second kappa shape index (κ2) is 10.9. The van der Waals surface area contributed by atoms with E-state index in [-0.39, 0.29) is 6.04 Å². The highest BCUT2D eigenvalue weighted by Gasteiger charge is 2.27. The standard InChI is InChI=1S/C30H32N2O/c1-4-6-7-10-23-11-8-9-12-27(23)24-13-15-25(16-14-24)30-28-21-26(17-18-29(28)32-33-30)22(3)19-20-31-5-2/h5,8-9,11-21,29,32H,3-4,6-7,10H2,1-2H3/b20-19-,31-5?. The first-order valence-electron chi connectivity index (χ1n) is 11.8. The number of hydrogen-bond donors (Lipinski definition) is 1. The number of allylic oxidation sites excluding steroid dienone is 4. The van der Waals surface area contributed by atoms with Gasteiger partial charge in [0.2, 0.25) is 0 Å². The van der Waals surface area contributed by atoms with E-state index in [1.807, 2.05) is 13.0 Å². The van der Waals surface area contributed by atoms with E-state index >= 15 is 0 Å². The first-order chi connectivity index (χ1) is 16.2. The van der Waals surface area contributed by atoms with E-state index in [4.69, 9.17) is 4.84 Å². The second-order valence-electron chi connectivity index (χ2n) is 8.38. The summed E-state index contributed by atoms with van der Waals surface area (Å²) < 4.78 is 0. The molecular formula is C30H32N2O. The Balaban J connectivity index is 1.59. The normalized spacial score (nSPS) is 17.5. The zero-order valence-electron chi connectivity index (χ0n) is 19.6. The molecule has 0 amide bonds. The van der Waals surface area contributed by atoms with Crippen molar-refractivity contribution in [1.82, 2.24) is 5.48 Å². The molecule has 1 aliphatic heterocycles. The molecule has 168 valence electrons. The highest BCUT2D eigenvalue weighted by Crippen LogP contribution is 2.34. The Morgan fingerprint density at radius 3 is 2.67 bits per heavy atom. The maximum Gasteiger partial charge on any atom is 0.159 e. The molecule has 1 atom stereocenters. The van der Waals surface area contributed by atoms with Gasteiger partial charge in [-0.15, -0.1) is 5.48 Å². The van der Waals surface area contributed by atoms with Gasteiger partial charge >= 0.3 is 0 Å². The fourth-order valence-electron chi connectivity index (χ4n) is 4.23. The van der Waals surface area contributed by atoms with E-state index in [0.717, 1.165) is 34.5 Å². The minimum absolute atomic E-state index is 0.0492. The van der Waals surface area contributed by atoms with Crippen LogP contribution >= 0.6 is 0 Å². The molecule has 1 unspecified atom stereocenters. The maximum atomic E-state index is 5.91. The molecule has 0 saturated carbocycles. The Hall–Kier alpha value is -3.43. The van der Waals surface area contributed by atoms with Gasteiger partial charge in [-0.3, -0.25) is 4.99 Å². The summed E-state index contributed by atoms with van der Waals surface area (Å²) in [6, 6.07) is 17.5. The summed E-state index contributed by atoms with van der Waals surface area (Å²) in [4.78, 5) is 10.0. The number of aryl methyl sites for hydroxylation is 1. The average molecular weight is 437 g/mol. The zero-order chi connectivity index (χ0) is 23.0. The van der Waals surface area contributed by atoms with Gasteiger partial charge in [-0.05, 0) is 59.8 Å². The number of hydroxylamine groups is 1. The Bertz CT molecular complexity index is 1150. The molecule has 2 aromatic carbocycles. The van der Waals surface area contributed by atoms with Crippen LogP contribution in [0.25, 0.3) is 16.9 Å². The van der Waals surface area contributed by atoms with Gasteiger partial charge in [0.05, 0.1) is 6.04 Å². The van der Waals surface area contributed by atoms with Crippen LogP contribution in [0.1, 0.15) is 44.2 Å². The molecule has 3 nitrogen and oxygen atoms in total. The molecule has 0 fully saturated rings. The summed E-state index contributed by atoms with van der Waals surface area (Å²) in [5, 5.41) is 0. The summed E-state index contributed by atoms with van der Waals surface area (Å²) in [6.07, 6.45) is 16.7. The summed E-state index contributed by atoms with van der Waals surface area (Å²) in [6.45, 7) is 8.32. The Morgan fingerprint density at radius 1 is 1.09 bits per heavy atom. The van der Waals surface area contributed by atoms with Crippen LogP contribution in [0.3, 0.4) is 0 Å². The molecule has 0 aromatic heterocycles. The zero-order valence-corrected chi connectivity index (χ0v) is 19.6. The number of hydrogen-bond acceptors (Lipinski definition) is 3. The molecule has 0 spiro atoms. The van der Waals surface area contributed by atoms with Gasteiger partial charge in [-0.1, -0.05) is 87.0 Å². The number of benzene rings is 2. The van der Waals surface area contributed by atoms with E-state index in [2.05, 4.69) is 90.7 Å². The van der Waals surface area contributed by atoms with Crippen LogP contribution in [0.4, 0.5) is 0 Å². The Labute approximate surface area is 197 Å². The second-order valence-corrected chi connectivity index (χ2v) is 8.38. The molecule has 4 rings (SSSR count). The van der Waals surface area contributed by atoms with Crippen molar-refractivity contribution in [3.8, 4) is 11.1 Å². The monoisotopic (exact) mass is 436 g/mol. The third-order valence-electron chi connectivity index (χ3n) is 6.07. The predicted octanol–water partition coefficient (Wildman–Crippen LogP) is 7.36. The largest absolute Gasteiger partial charge is 0.407 e. The number of fused-ring (bicyclic) bond motifs is 1. The van der Waals surface area contributed by atoms with Gasteiger partial charge in [0.15, 0.2) is 5.76 Å². The van der Waals surface area contributed by atoms with Gasteiger partial charge in [0.1, 0.15) is 0 Å². The molecule has 1 aliphatic carbocycles. The molecule has 0 saturated heterocycles. The smallest absolute Gasteiger partial charge is 0.159 e. The van der Waals surface area contributed by atoms with Crippen molar-refractivity contribution >= 4 is 12.0 Å². The number of nitrogens with one attached hydrogen (secondary N) is 1. The van der Waals surface area contributed by atoms with Crippen molar-refractivity contribution in [3.63, 3.8) is 0 Å². The molecule has 2 aromatic rings. The number of aliphatic imine (C=N–C) groups is 1. The summed E-state index contributed by atoms with van der Waals surface area (Å²) in [7, 11) is 0. The number of rotatable bonds is 9. The van der Waals surface area contributed by atoms with E-state index < -0.39 is 0 Å². The lowest BCUT2D eigenvalue weighted by Crippen LogP contribution is -2.22. The van der Waals surface area contributed by atoms with E-state index in [1.54, 1.807) is 12.4 Å². The van der Waals surface area contributed by atoms with E-state index in [9.17, 15) is 0 Å². The van der Waals surface area contributed by atoms with Gasteiger partial charge in [0.25, 0.3) is 0 Å². The maximum absolute atomic E-state index is 5.91. The van der Waals surface area contributed by atoms with Crippen LogP contribution in [-0.2, 0) is 11.3 Å². The minimum atomic E-state index is 0.0492. The van der Waals surface area contributed by atoms with Crippen LogP contribution in [0.2, 0.25) is 0 Å². The molecule has 1 N–H and O–H groups in total. The Morgan fingerprint density at radius 2 is 1.88 bits per heavy atom. The van der Waals surface area contributed by atoms with Gasteiger partial charge in [-0.2, -0.15) is 0 Å². The third kappa shape index (κ3) is 5.32. The highest BCUT2D eigenvalue weighted by molar-refractivity contribution is 5.75. The lowest BCUT2D eigenvalue weighted by atomic mass is 9.91. The molecule has 33 heavy (non-hydrogen) atoms. The van der Waals surface area contributed by atoms with Crippen LogP contribution in [-0.4, -0.2) is 12.3 Å². The van der Waals surface area contributed by atoms with E-state index in [1.165, 1.54) is 36.0 Å². The first kappa shape index (κ1) is 22.8. The minimum Gasteiger partial charge on any atom is -0.407 e. The molecule has 0 radical (unpaired) electrons. The van der Waals surface area contributed by atoms with Crippen molar-refractivity contribution in [2.75, 3.05) is 0 Å². The van der Waals surface area contributed by atoms with Gasteiger partial charge in [0, 0.05) is 23.6 Å². The highest BCUT2D eigenvalue weighted by atomic mass is 16.7. The Kier molecular flexibility index (Phi) is 7.54. The fourth-order valence-corrected chi connectivity index (χ4v) is 4.23. The van der Waals surface area contributed by atoms with Crippen LogP contribution in [0.15, 0.2) is 107 Å². The topological polar surface area (TPSA) is 33.6 Å². The number of unbranched alkanes of at least 4 members (excludes halogenated alkanes) is 2. The summed E-state index contributed by atoms with van der Waals surface area (Å²) in [5.41, 5.74) is 11.3. The average Bonchev–Trinajstić information content (AvgIpc) is 3.28. The van der Waals surface area contributed by atoms with E-state index in [0.29, 0.717) is 0 Å². The van der Waals surface area contributed by atoms with Crippen molar-refractivity contribution in [1.29, 1.82) is 0 Å². The van der Waals surface area contributed by atoms with Crippen LogP contribution < -0.4 is 5.48 Å². The third-order valence-corrected chi connectivity index (χ3v) is 6.07. The van der Waals surface area contributed by atoms with Crippen molar-refractivity contribution in [2.24, 2.45) is 4.99 Å². The van der Waals surface area contributed by atoms with Crippen molar-refractivity contribution in [3.05, 3.63) is 113 Å². The molecule has 3 heteroatoms.